The zero-order chi connectivity index (χ0) is 20.4. The van der Waals surface area contributed by atoms with Crippen molar-refractivity contribution in [3.63, 3.8) is 0 Å². The molecule has 0 bridgehead atoms. The fourth-order valence-corrected chi connectivity index (χ4v) is 3.31. The van der Waals surface area contributed by atoms with Crippen LogP contribution in [-0.2, 0) is 5.60 Å². The Morgan fingerprint density at radius 2 is 2.00 bits per heavy atom. The lowest BCUT2D eigenvalue weighted by molar-refractivity contribution is 0.0420. The van der Waals surface area contributed by atoms with Crippen LogP contribution < -0.4 is 16.2 Å². The second-order valence-electron chi connectivity index (χ2n) is 7.65. The third-order valence-electron chi connectivity index (χ3n) is 4.78. The smallest absolute Gasteiger partial charge is 0.271 e. The number of aliphatic hydroxyl groups is 1. The molecule has 1 fully saturated rings. The van der Waals surface area contributed by atoms with Crippen LogP contribution in [0.5, 0.6) is 0 Å². The molecule has 4 rings (SSSR count). The molecule has 3 aromatic rings. The van der Waals surface area contributed by atoms with Gasteiger partial charge in [-0.25, -0.2) is 4.98 Å². The van der Waals surface area contributed by atoms with Gasteiger partial charge in [0.25, 0.3) is 17.4 Å². The number of hydrogen-bond donors (Lipinski definition) is 3. The first-order valence-electron chi connectivity index (χ1n) is 9.49. The molecule has 0 radical (unpaired) electrons. The van der Waals surface area contributed by atoms with E-state index in [-0.39, 0.29) is 23.5 Å². The van der Waals surface area contributed by atoms with Crippen molar-refractivity contribution in [1.29, 1.82) is 0 Å². The van der Waals surface area contributed by atoms with Gasteiger partial charge in [0.1, 0.15) is 11.4 Å². The minimum Gasteiger partial charge on any atom is -0.381 e. The van der Waals surface area contributed by atoms with Crippen LogP contribution >= 0.6 is 0 Å². The van der Waals surface area contributed by atoms with Gasteiger partial charge in [-0.15, -0.1) is 0 Å². The van der Waals surface area contributed by atoms with E-state index in [4.69, 9.17) is 4.52 Å². The van der Waals surface area contributed by atoms with E-state index in [1.165, 1.54) is 10.7 Å². The highest BCUT2D eigenvalue weighted by Crippen LogP contribution is 2.26. The molecule has 3 N–H and O–H groups in total. The molecule has 0 saturated heterocycles. The van der Waals surface area contributed by atoms with Crippen LogP contribution in [0.3, 0.4) is 0 Å². The first-order chi connectivity index (χ1) is 13.9. The molecule has 10 heteroatoms. The van der Waals surface area contributed by atoms with Crippen molar-refractivity contribution in [3.05, 3.63) is 52.9 Å². The maximum absolute atomic E-state index is 11.8. The van der Waals surface area contributed by atoms with Gasteiger partial charge < -0.3 is 20.3 Å². The van der Waals surface area contributed by atoms with E-state index in [0.717, 1.165) is 25.1 Å². The van der Waals surface area contributed by atoms with Crippen molar-refractivity contribution in [2.24, 2.45) is 0 Å². The quantitative estimate of drug-likeness (QED) is 0.568. The molecule has 1 saturated carbocycles. The summed E-state index contributed by atoms with van der Waals surface area (Å²) in [6.07, 6.45) is 5.98. The van der Waals surface area contributed by atoms with Crippen LogP contribution in [0.1, 0.15) is 39.0 Å². The SMILES string of the molecule is CC(C)(O)c1nc(N[C@H]2CC[C@H](Nc3ccc(-n4ncccc4=O)cn3)C2)no1. The molecule has 0 amide bonds. The summed E-state index contributed by atoms with van der Waals surface area (Å²) in [5.41, 5.74) is -0.744. The molecule has 0 spiro atoms. The maximum atomic E-state index is 11.8. The average molecular weight is 397 g/mol. The number of hydrogen-bond acceptors (Lipinski definition) is 9. The fourth-order valence-electron chi connectivity index (χ4n) is 3.31. The predicted octanol–water partition coefficient (Wildman–Crippen LogP) is 1.68. The topological polar surface area (TPSA) is 131 Å². The Bertz CT molecular complexity index is 1020. The first kappa shape index (κ1) is 19.1. The molecule has 152 valence electrons. The predicted molar refractivity (Wildman–Crippen MR) is 106 cm³/mol. The Morgan fingerprint density at radius 3 is 2.66 bits per heavy atom. The largest absolute Gasteiger partial charge is 0.381 e. The number of nitrogens with zero attached hydrogens (tertiary/aromatic N) is 5. The highest BCUT2D eigenvalue weighted by atomic mass is 16.5. The number of rotatable bonds is 6. The summed E-state index contributed by atoms with van der Waals surface area (Å²) < 4.78 is 6.39. The lowest BCUT2D eigenvalue weighted by Gasteiger charge is -2.14. The molecule has 0 aromatic carbocycles. The summed E-state index contributed by atoms with van der Waals surface area (Å²) in [7, 11) is 0. The van der Waals surface area contributed by atoms with Crippen LogP contribution in [0.15, 0.2) is 46.0 Å². The van der Waals surface area contributed by atoms with Crippen molar-refractivity contribution in [2.75, 3.05) is 10.6 Å². The molecule has 0 unspecified atom stereocenters. The first-order valence-corrected chi connectivity index (χ1v) is 9.49. The van der Waals surface area contributed by atoms with Gasteiger partial charge in [0, 0.05) is 24.3 Å². The van der Waals surface area contributed by atoms with Crippen LogP contribution in [0, 0.1) is 0 Å². The van der Waals surface area contributed by atoms with Gasteiger partial charge in [-0.3, -0.25) is 4.79 Å². The third kappa shape index (κ3) is 4.43. The van der Waals surface area contributed by atoms with Gasteiger partial charge in [-0.1, -0.05) is 0 Å². The number of pyridine rings is 1. The third-order valence-corrected chi connectivity index (χ3v) is 4.78. The van der Waals surface area contributed by atoms with Crippen molar-refractivity contribution in [2.45, 2.75) is 50.8 Å². The minimum atomic E-state index is -1.16. The normalized spacial score (nSPS) is 19.3. The number of aromatic nitrogens is 5. The molecule has 3 aromatic heterocycles. The second-order valence-corrected chi connectivity index (χ2v) is 7.65. The Morgan fingerprint density at radius 1 is 1.21 bits per heavy atom. The highest BCUT2D eigenvalue weighted by molar-refractivity contribution is 5.41. The molecular formula is C19H23N7O3. The number of nitrogens with one attached hydrogen (secondary N) is 2. The summed E-state index contributed by atoms with van der Waals surface area (Å²) in [6, 6.07) is 7.17. The van der Waals surface area contributed by atoms with Crippen molar-refractivity contribution >= 4 is 11.8 Å². The Hall–Kier alpha value is -3.27. The van der Waals surface area contributed by atoms with E-state index in [2.05, 4.69) is 30.9 Å². The molecule has 3 heterocycles. The Balaban J connectivity index is 1.34. The van der Waals surface area contributed by atoms with E-state index in [0.29, 0.717) is 11.6 Å². The zero-order valence-electron chi connectivity index (χ0n) is 16.2. The molecule has 0 aliphatic heterocycles. The van der Waals surface area contributed by atoms with Gasteiger partial charge in [0.15, 0.2) is 0 Å². The lowest BCUT2D eigenvalue weighted by atomic mass is 10.1. The molecule has 1 aliphatic carbocycles. The molecule has 29 heavy (non-hydrogen) atoms. The van der Waals surface area contributed by atoms with E-state index >= 15 is 0 Å². The summed E-state index contributed by atoms with van der Waals surface area (Å²) in [5, 5.41) is 24.5. The standard InChI is InChI=1S/C19H23N7O3/c1-19(2,28)17-24-18(25-29-17)23-13-6-5-12(10-13)22-15-8-7-14(11-20-15)26-16(27)4-3-9-21-26/h3-4,7-9,11-13,28H,5-6,10H2,1-2H3,(H,20,22)(H,23,25)/t12-,13-/m0/s1. The van der Waals surface area contributed by atoms with Crippen LogP contribution in [-0.4, -0.2) is 42.1 Å². The molecule has 10 nitrogen and oxygen atoms in total. The van der Waals surface area contributed by atoms with E-state index in [1.54, 1.807) is 32.3 Å². The molecule has 2 atom stereocenters. The zero-order valence-corrected chi connectivity index (χ0v) is 16.2. The Labute approximate surface area is 167 Å². The van der Waals surface area contributed by atoms with Gasteiger partial charge >= 0.3 is 0 Å². The summed E-state index contributed by atoms with van der Waals surface area (Å²) in [6.45, 7) is 3.20. The lowest BCUT2D eigenvalue weighted by Crippen LogP contribution is -2.22. The fraction of sp³-hybridized carbons (Fsp3) is 0.421. The van der Waals surface area contributed by atoms with Crippen LogP contribution in [0.4, 0.5) is 11.8 Å². The Kier molecular flexibility index (Phi) is 5.01. The van der Waals surface area contributed by atoms with Crippen LogP contribution in [0.25, 0.3) is 5.69 Å². The van der Waals surface area contributed by atoms with Crippen molar-refractivity contribution in [1.82, 2.24) is 24.9 Å². The van der Waals surface area contributed by atoms with Gasteiger partial charge in [0.05, 0.1) is 11.9 Å². The second kappa shape index (κ2) is 7.63. The molecular weight excluding hydrogens is 374 g/mol. The highest BCUT2D eigenvalue weighted by Gasteiger charge is 2.28. The molecule has 1 aliphatic rings. The maximum Gasteiger partial charge on any atom is 0.271 e. The summed E-state index contributed by atoms with van der Waals surface area (Å²) >= 11 is 0. The van der Waals surface area contributed by atoms with E-state index in [9.17, 15) is 9.90 Å². The van der Waals surface area contributed by atoms with Gasteiger partial charge in [-0.2, -0.15) is 14.8 Å². The van der Waals surface area contributed by atoms with Crippen LogP contribution in [0.2, 0.25) is 0 Å². The summed E-state index contributed by atoms with van der Waals surface area (Å²) in [5.74, 6) is 1.31. The van der Waals surface area contributed by atoms with Gasteiger partial charge in [-0.05, 0) is 56.5 Å². The van der Waals surface area contributed by atoms with Crippen molar-refractivity contribution in [3.8, 4) is 5.69 Å². The van der Waals surface area contributed by atoms with E-state index in [1.807, 2.05) is 12.1 Å². The summed E-state index contributed by atoms with van der Waals surface area (Å²) in [4.78, 5) is 20.4. The number of anilines is 2. The van der Waals surface area contributed by atoms with E-state index < -0.39 is 5.60 Å². The minimum absolute atomic E-state index is 0.184. The average Bonchev–Trinajstić information content (AvgIpc) is 3.33. The van der Waals surface area contributed by atoms with Crippen molar-refractivity contribution < 1.29 is 9.63 Å². The van der Waals surface area contributed by atoms with Gasteiger partial charge in [0.2, 0.25) is 0 Å². The monoisotopic (exact) mass is 397 g/mol.